The summed E-state index contributed by atoms with van der Waals surface area (Å²) in [5.41, 5.74) is -1.51. The second-order valence-corrected chi connectivity index (χ2v) is 12.5. The summed E-state index contributed by atoms with van der Waals surface area (Å²) in [6.07, 6.45) is -5.13. The van der Waals surface area contributed by atoms with E-state index >= 15 is 0 Å². The predicted molar refractivity (Wildman–Crippen MR) is 127 cm³/mol. The summed E-state index contributed by atoms with van der Waals surface area (Å²) in [5, 5.41) is 11.9. The maximum Gasteiger partial charge on any atom is 0.446 e. The van der Waals surface area contributed by atoms with Gasteiger partial charge in [0.15, 0.2) is 0 Å². The van der Waals surface area contributed by atoms with Crippen molar-refractivity contribution in [1.82, 2.24) is 20.9 Å². The van der Waals surface area contributed by atoms with Crippen LogP contribution in [0.25, 0.3) is 0 Å². The van der Waals surface area contributed by atoms with Crippen molar-refractivity contribution in [2.75, 3.05) is 13.1 Å². The fourth-order valence-electron chi connectivity index (χ4n) is 5.53. The Morgan fingerprint density at radius 1 is 1.21 bits per heavy atom. The van der Waals surface area contributed by atoms with Gasteiger partial charge in [-0.2, -0.15) is 18.4 Å². The first-order valence-electron chi connectivity index (χ1n) is 12.3. The molecule has 38 heavy (non-hydrogen) atoms. The van der Waals surface area contributed by atoms with Gasteiger partial charge >= 0.3 is 11.3 Å². The smallest absolute Gasteiger partial charge is 0.356 e. The SMILES string of the molecule is CC(C)(C)[C@H](NC(=O)C(F)(Cl)C(F)(F)F)C(=O)N1C[C@H]2[C@@H]([C@H]1C(=O)N[C@H](C#N)C[C@@H]1CCNC1=O)C2(C)C. The second-order valence-electron chi connectivity index (χ2n) is 11.9. The van der Waals surface area contributed by atoms with Gasteiger partial charge in [0.05, 0.1) is 6.07 Å². The Bertz CT molecular complexity index is 1050. The van der Waals surface area contributed by atoms with Gasteiger partial charge in [-0.1, -0.05) is 46.2 Å². The van der Waals surface area contributed by atoms with Crippen molar-refractivity contribution in [2.24, 2.45) is 28.6 Å². The number of nitriles is 1. The zero-order chi connectivity index (χ0) is 29.0. The Morgan fingerprint density at radius 2 is 1.82 bits per heavy atom. The lowest BCUT2D eigenvalue weighted by atomic mass is 9.85. The Labute approximate surface area is 223 Å². The number of hydrogen-bond donors (Lipinski definition) is 3. The molecular weight excluding hydrogens is 534 g/mol. The topological polar surface area (TPSA) is 131 Å². The predicted octanol–water partition coefficient (Wildman–Crippen LogP) is 2.00. The molecule has 0 spiro atoms. The molecule has 14 heteroatoms. The number of amides is 4. The first-order chi connectivity index (χ1) is 17.2. The molecule has 3 aliphatic rings. The molecule has 212 valence electrons. The highest BCUT2D eigenvalue weighted by Crippen LogP contribution is 2.65. The number of carbonyl (C=O) groups is 4. The van der Waals surface area contributed by atoms with E-state index in [0.29, 0.717) is 13.0 Å². The first kappa shape index (κ1) is 29.9. The van der Waals surface area contributed by atoms with Crippen molar-refractivity contribution in [1.29, 1.82) is 5.26 Å². The average Bonchev–Trinajstić information content (AvgIpc) is 3.14. The van der Waals surface area contributed by atoms with Crippen LogP contribution in [0.5, 0.6) is 0 Å². The van der Waals surface area contributed by atoms with Crippen LogP contribution in [0.3, 0.4) is 0 Å². The van der Waals surface area contributed by atoms with Gasteiger partial charge in [0.1, 0.15) is 18.1 Å². The number of hydrogen-bond acceptors (Lipinski definition) is 5. The van der Waals surface area contributed by atoms with E-state index in [9.17, 15) is 42.0 Å². The van der Waals surface area contributed by atoms with E-state index in [-0.39, 0.29) is 36.1 Å². The van der Waals surface area contributed by atoms with Crippen LogP contribution in [0.2, 0.25) is 0 Å². The van der Waals surface area contributed by atoms with Gasteiger partial charge in [-0.25, -0.2) is 4.39 Å². The quantitative estimate of drug-likeness (QED) is 0.321. The molecule has 2 heterocycles. The number of carbonyl (C=O) groups excluding carboxylic acids is 4. The van der Waals surface area contributed by atoms with E-state index in [1.54, 1.807) is 0 Å². The van der Waals surface area contributed by atoms with E-state index in [4.69, 9.17) is 11.6 Å². The summed E-state index contributed by atoms with van der Waals surface area (Å²) in [7, 11) is 0. The van der Waals surface area contributed by atoms with Gasteiger partial charge < -0.3 is 20.9 Å². The lowest BCUT2D eigenvalue weighted by Crippen LogP contribution is -2.62. The molecule has 0 aromatic rings. The van der Waals surface area contributed by atoms with E-state index in [1.165, 1.54) is 25.7 Å². The number of halogens is 5. The molecule has 0 aromatic carbocycles. The van der Waals surface area contributed by atoms with Gasteiger partial charge in [0.25, 0.3) is 5.91 Å². The molecule has 1 aliphatic carbocycles. The summed E-state index contributed by atoms with van der Waals surface area (Å²) in [4.78, 5) is 52.3. The van der Waals surface area contributed by atoms with Gasteiger partial charge in [-0.3, -0.25) is 19.2 Å². The number of nitrogens with one attached hydrogen (secondary N) is 3. The first-order valence-corrected chi connectivity index (χ1v) is 12.7. The molecular formula is C24H32ClF4N5O4. The molecule has 0 bridgehead atoms. The van der Waals surface area contributed by atoms with Crippen LogP contribution in [-0.2, 0) is 19.2 Å². The molecule has 3 N–H and O–H groups in total. The van der Waals surface area contributed by atoms with E-state index in [2.05, 4.69) is 10.6 Å². The van der Waals surface area contributed by atoms with Gasteiger partial charge in [-0.15, -0.1) is 0 Å². The number of nitrogens with zero attached hydrogens (tertiary/aromatic N) is 2. The Hall–Kier alpha value is -2.62. The van der Waals surface area contributed by atoms with Crippen molar-refractivity contribution < 1.29 is 36.7 Å². The minimum atomic E-state index is -5.73. The third-order valence-electron chi connectivity index (χ3n) is 7.95. The maximum atomic E-state index is 14.1. The summed E-state index contributed by atoms with van der Waals surface area (Å²) >= 11 is 4.87. The van der Waals surface area contributed by atoms with Crippen LogP contribution in [0.1, 0.15) is 47.5 Å². The standard InChI is InChI=1S/C24H32ClF4N5O4/c1-21(2,3)16(33-20(38)23(25,26)24(27,28)29)19(37)34-10-13-14(22(13,4)5)15(34)18(36)32-12(9-30)8-11-6-7-31-17(11)35/h11-16H,6-8,10H2,1-5H3,(H,31,35)(H,32,36)(H,33,38)/t11-,12-,13-,14-,15-,16+,23?/m0/s1. The molecule has 7 atom stereocenters. The minimum Gasteiger partial charge on any atom is -0.356 e. The van der Waals surface area contributed by atoms with E-state index in [0.717, 1.165) is 0 Å². The van der Waals surface area contributed by atoms with Crippen LogP contribution in [-0.4, -0.2) is 71.0 Å². The third-order valence-corrected chi connectivity index (χ3v) is 8.33. The number of rotatable bonds is 7. The van der Waals surface area contributed by atoms with Gasteiger partial charge in [-0.05, 0) is 35.5 Å². The zero-order valence-electron chi connectivity index (χ0n) is 21.7. The largest absolute Gasteiger partial charge is 0.446 e. The van der Waals surface area contributed by atoms with Gasteiger partial charge in [0.2, 0.25) is 17.7 Å². The van der Waals surface area contributed by atoms with Gasteiger partial charge in [0, 0.05) is 19.0 Å². The molecule has 0 radical (unpaired) electrons. The minimum absolute atomic E-state index is 0.0820. The molecule has 0 aromatic heterocycles. The number of likely N-dealkylation sites (tertiary alicyclic amines) is 1. The molecule has 3 fully saturated rings. The van der Waals surface area contributed by atoms with Crippen molar-refractivity contribution in [3.63, 3.8) is 0 Å². The molecule has 1 saturated carbocycles. The van der Waals surface area contributed by atoms with Crippen LogP contribution >= 0.6 is 11.6 Å². The van der Waals surface area contributed by atoms with Crippen LogP contribution < -0.4 is 16.0 Å². The highest BCUT2D eigenvalue weighted by molar-refractivity contribution is 6.34. The molecule has 4 amide bonds. The average molecular weight is 566 g/mol. The normalized spacial score (nSPS) is 29.3. The highest BCUT2D eigenvalue weighted by Gasteiger charge is 2.70. The lowest BCUT2D eigenvalue weighted by Gasteiger charge is -2.38. The Kier molecular flexibility index (Phi) is 7.75. The van der Waals surface area contributed by atoms with Crippen LogP contribution in [0.4, 0.5) is 17.6 Å². The molecule has 1 unspecified atom stereocenters. The highest BCUT2D eigenvalue weighted by atomic mass is 35.5. The Balaban J connectivity index is 1.83. The zero-order valence-corrected chi connectivity index (χ0v) is 22.5. The van der Waals surface area contributed by atoms with Crippen molar-refractivity contribution in [3.8, 4) is 6.07 Å². The van der Waals surface area contributed by atoms with Crippen LogP contribution in [0, 0.1) is 39.9 Å². The fourth-order valence-corrected chi connectivity index (χ4v) is 5.59. The van der Waals surface area contributed by atoms with Crippen molar-refractivity contribution in [3.05, 3.63) is 0 Å². The van der Waals surface area contributed by atoms with Crippen LogP contribution in [0.15, 0.2) is 0 Å². The molecule has 9 nitrogen and oxygen atoms in total. The van der Waals surface area contributed by atoms with E-state index in [1.807, 2.05) is 25.2 Å². The second kappa shape index (κ2) is 9.84. The molecule has 2 saturated heterocycles. The monoisotopic (exact) mass is 565 g/mol. The lowest BCUT2D eigenvalue weighted by molar-refractivity contribution is -0.201. The number of alkyl halides is 5. The van der Waals surface area contributed by atoms with E-state index < -0.39 is 58.5 Å². The van der Waals surface area contributed by atoms with Crippen molar-refractivity contribution >= 4 is 35.2 Å². The maximum absolute atomic E-state index is 14.1. The van der Waals surface area contributed by atoms with Crippen molar-refractivity contribution in [2.45, 2.75) is 76.9 Å². The summed E-state index contributed by atoms with van der Waals surface area (Å²) < 4.78 is 53.1. The summed E-state index contributed by atoms with van der Waals surface area (Å²) in [6.45, 7) is 8.76. The molecule has 3 rings (SSSR count). The molecule has 2 aliphatic heterocycles. The number of piperidine rings is 1. The summed E-state index contributed by atoms with van der Waals surface area (Å²) in [5.74, 6) is -4.82. The Morgan fingerprint density at radius 3 is 2.29 bits per heavy atom. The third kappa shape index (κ3) is 5.42. The fraction of sp³-hybridized carbons (Fsp3) is 0.792. The summed E-state index contributed by atoms with van der Waals surface area (Å²) in [6, 6.07) is -1.77. The number of fused-ring (bicyclic) bond motifs is 1.